The number of carbonyl (C=O) groups is 1. The number of aliphatic hydroxyl groups is 1. The van der Waals surface area contributed by atoms with Crippen molar-refractivity contribution in [2.24, 2.45) is 0 Å². The summed E-state index contributed by atoms with van der Waals surface area (Å²) in [5.74, 6) is -1.24. The van der Waals surface area contributed by atoms with Gasteiger partial charge in [-0.05, 0) is 17.7 Å². The van der Waals surface area contributed by atoms with Gasteiger partial charge in [-0.25, -0.2) is 4.79 Å². The summed E-state index contributed by atoms with van der Waals surface area (Å²) in [6.07, 6.45) is -1.45. The van der Waals surface area contributed by atoms with Crippen molar-refractivity contribution in [3.8, 4) is 0 Å². The van der Waals surface area contributed by atoms with Gasteiger partial charge in [0.15, 0.2) is 6.10 Å². The number of halogens is 1. The van der Waals surface area contributed by atoms with E-state index in [2.05, 4.69) is 0 Å². The monoisotopic (exact) mass is 228 g/mol. The first kappa shape index (κ1) is 12.0. The molecule has 0 amide bonds. The highest BCUT2D eigenvalue weighted by atomic mass is 35.5. The molecular weight excluding hydrogens is 216 g/mol. The second-order valence-corrected chi connectivity index (χ2v) is 4.41. The first-order chi connectivity index (χ1) is 6.85. The molecule has 0 aliphatic rings. The highest BCUT2D eigenvalue weighted by molar-refractivity contribution is 6.30. The molecule has 1 aromatic carbocycles. The molecule has 0 aromatic heterocycles. The van der Waals surface area contributed by atoms with E-state index in [4.69, 9.17) is 16.7 Å². The van der Waals surface area contributed by atoms with Gasteiger partial charge in [0, 0.05) is 10.4 Å². The van der Waals surface area contributed by atoms with Crippen LogP contribution < -0.4 is 0 Å². The van der Waals surface area contributed by atoms with Crippen LogP contribution in [0.4, 0.5) is 0 Å². The molecule has 2 N–H and O–H groups in total. The standard InChI is InChI=1S/C11H13ClO3/c1-11(2,9(13)10(14)15)7-4-3-5-8(12)6-7/h3-6,9,13H,1-2H3,(H,14,15). The zero-order chi connectivity index (χ0) is 11.6. The molecule has 0 aliphatic carbocycles. The summed E-state index contributed by atoms with van der Waals surface area (Å²) in [6, 6.07) is 6.84. The van der Waals surface area contributed by atoms with E-state index in [1.807, 2.05) is 0 Å². The number of carboxylic acid groups (broad SMARTS) is 1. The molecular formula is C11H13ClO3. The molecule has 1 aromatic rings. The normalized spacial score (nSPS) is 13.6. The van der Waals surface area contributed by atoms with E-state index in [0.29, 0.717) is 10.6 Å². The molecule has 0 fully saturated rings. The smallest absolute Gasteiger partial charge is 0.333 e. The van der Waals surface area contributed by atoms with Crippen LogP contribution in [0.1, 0.15) is 19.4 Å². The molecule has 0 radical (unpaired) electrons. The van der Waals surface area contributed by atoms with Crippen LogP contribution in [-0.4, -0.2) is 22.3 Å². The quantitative estimate of drug-likeness (QED) is 0.833. The number of hydrogen-bond acceptors (Lipinski definition) is 2. The van der Waals surface area contributed by atoms with Crippen molar-refractivity contribution in [3.63, 3.8) is 0 Å². The van der Waals surface area contributed by atoms with Crippen LogP contribution in [0.15, 0.2) is 24.3 Å². The molecule has 0 heterocycles. The summed E-state index contributed by atoms with van der Waals surface area (Å²) >= 11 is 5.81. The fourth-order valence-electron chi connectivity index (χ4n) is 1.36. The maximum absolute atomic E-state index is 10.7. The lowest BCUT2D eigenvalue weighted by atomic mass is 9.79. The Balaban J connectivity index is 3.10. The fraction of sp³-hybridized carbons (Fsp3) is 0.364. The Morgan fingerprint density at radius 3 is 2.53 bits per heavy atom. The van der Waals surface area contributed by atoms with Crippen LogP contribution in [-0.2, 0) is 10.2 Å². The van der Waals surface area contributed by atoms with Crippen molar-refractivity contribution in [1.82, 2.24) is 0 Å². The van der Waals surface area contributed by atoms with Crippen LogP contribution in [0, 0.1) is 0 Å². The molecule has 0 aliphatic heterocycles. The van der Waals surface area contributed by atoms with Gasteiger partial charge in [-0.1, -0.05) is 37.6 Å². The van der Waals surface area contributed by atoms with E-state index < -0.39 is 17.5 Å². The van der Waals surface area contributed by atoms with E-state index in [0.717, 1.165) is 0 Å². The Morgan fingerprint density at radius 2 is 2.07 bits per heavy atom. The zero-order valence-corrected chi connectivity index (χ0v) is 9.32. The largest absolute Gasteiger partial charge is 0.479 e. The van der Waals surface area contributed by atoms with Gasteiger partial charge in [-0.2, -0.15) is 0 Å². The minimum atomic E-state index is -1.45. The lowest BCUT2D eigenvalue weighted by molar-refractivity contribution is -0.150. The van der Waals surface area contributed by atoms with Gasteiger partial charge in [-0.3, -0.25) is 0 Å². The molecule has 82 valence electrons. The highest BCUT2D eigenvalue weighted by Crippen LogP contribution is 2.29. The average molecular weight is 229 g/mol. The summed E-state index contributed by atoms with van der Waals surface area (Å²) < 4.78 is 0. The van der Waals surface area contributed by atoms with Crippen LogP contribution >= 0.6 is 11.6 Å². The van der Waals surface area contributed by atoms with Crippen LogP contribution in [0.3, 0.4) is 0 Å². The van der Waals surface area contributed by atoms with Crippen molar-refractivity contribution in [2.45, 2.75) is 25.4 Å². The second-order valence-electron chi connectivity index (χ2n) is 3.97. The minimum absolute atomic E-state index is 0.526. The minimum Gasteiger partial charge on any atom is -0.479 e. The topological polar surface area (TPSA) is 57.5 Å². The molecule has 0 spiro atoms. The van der Waals surface area contributed by atoms with Gasteiger partial charge in [0.1, 0.15) is 0 Å². The predicted molar refractivity (Wildman–Crippen MR) is 58.1 cm³/mol. The van der Waals surface area contributed by atoms with Crippen LogP contribution in [0.5, 0.6) is 0 Å². The first-order valence-electron chi connectivity index (χ1n) is 4.52. The number of aliphatic hydroxyl groups excluding tert-OH is 1. The molecule has 0 bridgehead atoms. The van der Waals surface area contributed by atoms with E-state index >= 15 is 0 Å². The molecule has 1 atom stereocenters. The van der Waals surface area contributed by atoms with Gasteiger partial charge < -0.3 is 10.2 Å². The van der Waals surface area contributed by atoms with Gasteiger partial charge >= 0.3 is 5.97 Å². The van der Waals surface area contributed by atoms with Crippen LogP contribution in [0.25, 0.3) is 0 Å². The number of rotatable bonds is 3. The Morgan fingerprint density at radius 1 is 1.47 bits per heavy atom. The lowest BCUT2D eigenvalue weighted by Crippen LogP contribution is -2.39. The SMILES string of the molecule is CC(C)(c1cccc(Cl)c1)C(O)C(=O)O. The van der Waals surface area contributed by atoms with Gasteiger partial charge in [0.2, 0.25) is 0 Å². The average Bonchev–Trinajstić information content (AvgIpc) is 2.16. The van der Waals surface area contributed by atoms with Crippen molar-refractivity contribution >= 4 is 17.6 Å². The number of aliphatic carboxylic acids is 1. The molecule has 4 heteroatoms. The van der Waals surface area contributed by atoms with Gasteiger partial charge in [0.05, 0.1) is 0 Å². The van der Waals surface area contributed by atoms with Crippen molar-refractivity contribution in [3.05, 3.63) is 34.9 Å². The number of carboxylic acids is 1. The maximum atomic E-state index is 10.7. The molecule has 15 heavy (non-hydrogen) atoms. The number of hydrogen-bond donors (Lipinski definition) is 2. The van der Waals surface area contributed by atoms with E-state index in [-0.39, 0.29) is 0 Å². The van der Waals surface area contributed by atoms with Crippen molar-refractivity contribution in [2.75, 3.05) is 0 Å². The number of benzene rings is 1. The summed E-state index contributed by atoms with van der Waals surface area (Å²) in [7, 11) is 0. The lowest BCUT2D eigenvalue weighted by Gasteiger charge is -2.28. The third kappa shape index (κ3) is 2.49. The second kappa shape index (κ2) is 4.21. The molecule has 1 unspecified atom stereocenters. The summed E-state index contributed by atoms with van der Waals surface area (Å²) in [4.78, 5) is 10.7. The van der Waals surface area contributed by atoms with Crippen molar-refractivity contribution in [1.29, 1.82) is 0 Å². The first-order valence-corrected chi connectivity index (χ1v) is 4.90. The van der Waals surface area contributed by atoms with Crippen molar-refractivity contribution < 1.29 is 15.0 Å². The van der Waals surface area contributed by atoms with Crippen LogP contribution in [0.2, 0.25) is 5.02 Å². The van der Waals surface area contributed by atoms with E-state index in [1.165, 1.54) is 0 Å². The Labute approximate surface area is 93.3 Å². The Hall–Kier alpha value is -1.06. The third-order valence-corrected chi connectivity index (χ3v) is 2.72. The Kier molecular flexibility index (Phi) is 3.37. The molecule has 3 nitrogen and oxygen atoms in total. The molecule has 0 saturated heterocycles. The third-order valence-electron chi connectivity index (χ3n) is 2.49. The summed E-state index contributed by atoms with van der Waals surface area (Å²) in [5.41, 5.74) is -0.165. The predicted octanol–water partition coefficient (Wildman–Crippen LogP) is 2.06. The fourth-order valence-corrected chi connectivity index (χ4v) is 1.55. The van der Waals surface area contributed by atoms with Gasteiger partial charge in [0.25, 0.3) is 0 Å². The summed E-state index contributed by atoms with van der Waals surface area (Å²) in [6.45, 7) is 3.33. The summed E-state index contributed by atoms with van der Waals surface area (Å²) in [5, 5.41) is 18.8. The maximum Gasteiger partial charge on any atom is 0.333 e. The Bertz CT molecular complexity index is 374. The van der Waals surface area contributed by atoms with Gasteiger partial charge in [-0.15, -0.1) is 0 Å². The van der Waals surface area contributed by atoms with E-state index in [1.54, 1.807) is 38.1 Å². The van der Waals surface area contributed by atoms with E-state index in [9.17, 15) is 9.90 Å². The highest BCUT2D eigenvalue weighted by Gasteiger charge is 2.35. The molecule has 0 saturated carbocycles. The molecule has 1 rings (SSSR count). The zero-order valence-electron chi connectivity index (χ0n) is 8.57.